The van der Waals surface area contributed by atoms with Crippen molar-refractivity contribution in [2.75, 3.05) is 61.8 Å². The molecule has 3 aromatic rings. The van der Waals surface area contributed by atoms with Gasteiger partial charge in [0.2, 0.25) is 0 Å². The maximum absolute atomic E-state index is 15.1. The van der Waals surface area contributed by atoms with E-state index in [1.807, 2.05) is 58.3 Å². The minimum atomic E-state index is -2.37. The highest BCUT2D eigenvalue weighted by Crippen LogP contribution is 2.60. The second kappa shape index (κ2) is 15.1. The van der Waals surface area contributed by atoms with Crippen molar-refractivity contribution in [1.82, 2.24) is 5.32 Å². The van der Waals surface area contributed by atoms with Gasteiger partial charge in [0.15, 0.2) is 5.60 Å². The highest BCUT2D eigenvalue weighted by atomic mass is 28.3. The number of fused-ring (bicyclic) bond motifs is 2. The van der Waals surface area contributed by atoms with Crippen LogP contribution in [0.2, 0.25) is 18.6 Å². The van der Waals surface area contributed by atoms with Gasteiger partial charge in [-0.15, -0.1) is 0 Å². The van der Waals surface area contributed by atoms with Gasteiger partial charge in [-0.3, -0.25) is 19.3 Å². The van der Waals surface area contributed by atoms with E-state index in [1.54, 1.807) is 7.11 Å². The fourth-order valence-electron chi connectivity index (χ4n) is 9.90. The fraction of sp³-hybridized carbons (Fsp3) is 0.500. The van der Waals surface area contributed by atoms with E-state index in [9.17, 15) is 14.7 Å². The average molecular weight is 755 g/mol. The highest BCUT2D eigenvalue weighted by Gasteiger charge is 2.66. The molecule has 11 nitrogen and oxygen atoms in total. The number of esters is 1. The third-order valence-corrected chi connectivity index (χ3v) is 17.1. The smallest absolute Gasteiger partial charge is 0.305 e. The Morgan fingerprint density at radius 1 is 0.963 bits per heavy atom. The summed E-state index contributed by atoms with van der Waals surface area (Å²) in [5, 5.41) is 15.0. The van der Waals surface area contributed by atoms with E-state index < -0.39 is 19.2 Å². The Kier molecular flexibility index (Phi) is 10.7. The molecule has 0 bridgehead atoms. The lowest BCUT2D eigenvalue weighted by Crippen LogP contribution is -2.55. The number of piperidine rings is 1. The largest absolute Gasteiger partial charge is 0.497 e. The van der Waals surface area contributed by atoms with Gasteiger partial charge in [0.05, 0.1) is 40.8 Å². The predicted molar refractivity (Wildman–Crippen MR) is 212 cm³/mol. The third-order valence-electron chi connectivity index (χ3n) is 12.7. The number of nitrogens with zero attached hydrogens (tertiary/aromatic N) is 3. The van der Waals surface area contributed by atoms with Crippen molar-refractivity contribution >= 4 is 48.1 Å². The van der Waals surface area contributed by atoms with E-state index in [2.05, 4.69) is 54.5 Å². The quantitative estimate of drug-likeness (QED) is 0.151. The fourth-order valence-corrected chi connectivity index (χ4v) is 14.0. The number of unbranched alkanes of at least 4 members (excludes halogenated alkanes) is 1. The van der Waals surface area contributed by atoms with Crippen molar-refractivity contribution in [1.29, 1.82) is 0 Å². The molecule has 3 aromatic carbocycles. The van der Waals surface area contributed by atoms with E-state index in [0.717, 1.165) is 41.5 Å². The van der Waals surface area contributed by atoms with Gasteiger partial charge in [0.1, 0.15) is 11.3 Å². The van der Waals surface area contributed by atoms with E-state index in [4.69, 9.17) is 14.2 Å². The lowest BCUT2D eigenvalue weighted by atomic mass is 9.82. The summed E-state index contributed by atoms with van der Waals surface area (Å²) in [6.07, 6.45) is 2.88. The van der Waals surface area contributed by atoms with Crippen molar-refractivity contribution in [3.05, 3.63) is 78.4 Å². The van der Waals surface area contributed by atoms with Gasteiger partial charge in [0.25, 0.3) is 11.8 Å². The lowest BCUT2D eigenvalue weighted by molar-refractivity contribution is -0.146. The molecule has 0 saturated carbocycles. The van der Waals surface area contributed by atoms with Gasteiger partial charge in [-0.2, -0.15) is 0 Å². The Hall–Kier alpha value is -4.23. The van der Waals surface area contributed by atoms with Crippen LogP contribution >= 0.6 is 0 Å². The standard InChI is InChI=1S/C42H54N4O7Si/c1-29-38(54(4,5)33-17-15-32(51-2)16-18-33)36(20-26-47)53-42(29)34-27-31(14-19-35(34)44(40(42)50)25-10-9-13-37(48)52-3)45-28-46(30-11-7-6-8-12-30)41(39(45)49)21-23-43-24-22-41/h6-8,11-12,14-19,27,29,36,38,43,47H,9-10,13,20-26,28H2,1-5H3/t29-,36+,38-,42+/m0/s1. The first kappa shape index (κ1) is 38.1. The molecule has 3 saturated heterocycles. The number of anilines is 3. The minimum absolute atomic E-state index is 0.0159. The van der Waals surface area contributed by atoms with E-state index in [1.165, 1.54) is 12.3 Å². The Balaban J connectivity index is 1.31. The molecule has 0 aromatic heterocycles. The lowest BCUT2D eigenvalue weighted by Gasteiger charge is -2.39. The van der Waals surface area contributed by atoms with Gasteiger partial charge in [-0.05, 0) is 93.2 Å². The van der Waals surface area contributed by atoms with Crippen molar-refractivity contribution in [2.24, 2.45) is 5.92 Å². The van der Waals surface area contributed by atoms with E-state index in [-0.39, 0.29) is 48.4 Å². The molecule has 2 amide bonds. The Morgan fingerprint density at radius 3 is 2.35 bits per heavy atom. The highest BCUT2D eigenvalue weighted by molar-refractivity contribution is 6.91. The summed E-state index contributed by atoms with van der Waals surface area (Å²) in [5.41, 5.74) is 1.27. The molecule has 12 heteroatoms. The number of para-hydroxylation sites is 1. The van der Waals surface area contributed by atoms with Crippen LogP contribution in [-0.4, -0.2) is 89.7 Å². The van der Waals surface area contributed by atoms with Gasteiger partial charge in [-0.25, -0.2) is 0 Å². The number of amides is 2. The number of nitrogens with one attached hydrogen (secondary N) is 1. The molecule has 2 N–H and O–H groups in total. The third kappa shape index (κ3) is 6.20. The summed E-state index contributed by atoms with van der Waals surface area (Å²) in [6.45, 7) is 9.03. The van der Waals surface area contributed by atoms with E-state index in [0.29, 0.717) is 45.3 Å². The summed E-state index contributed by atoms with van der Waals surface area (Å²) in [7, 11) is 0.668. The monoisotopic (exact) mass is 754 g/mol. The number of benzene rings is 3. The number of carbonyl (C=O) groups excluding carboxylic acids is 3. The number of methoxy groups -OCH3 is 2. The Bertz CT molecular complexity index is 1850. The van der Waals surface area contributed by atoms with Crippen LogP contribution in [0.5, 0.6) is 5.75 Å². The van der Waals surface area contributed by atoms with Crippen LogP contribution in [0.1, 0.15) is 51.0 Å². The molecule has 0 radical (unpaired) electrons. The molecule has 4 aliphatic rings. The number of carbonyl (C=O) groups is 3. The molecule has 54 heavy (non-hydrogen) atoms. The summed E-state index contributed by atoms with van der Waals surface area (Å²) in [5.74, 6) is 0.203. The Morgan fingerprint density at radius 2 is 1.69 bits per heavy atom. The molecule has 3 fully saturated rings. The number of aliphatic hydroxyl groups excluding tert-OH is 1. The number of ether oxygens (including phenoxy) is 3. The summed E-state index contributed by atoms with van der Waals surface area (Å²) < 4.78 is 17.5. The minimum Gasteiger partial charge on any atom is -0.497 e. The van der Waals surface area contributed by atoms with Crippen LogP contribution < -0.4 is 29.9 Å². The van der Waals surface area contributed by atoms with Crippen LogP contribution in [0.4, 0.5) is 17.1 Å². The second-order valence-corrected chi connectivity index (χ2v) is 20.5. The molecular formula is C42H54N4O7Si. The molecule has 0 unspecified atom stereocenters. The first-order valence-electron chi connectivity index (χ1n) is 19.4. The number of aliphatic hydroxyl groups is 1. The average Bonchev–Trinajstić information content (AvgIpc) is 3.74. The van der Waals surface area contributed by atoms with Crippen molar-refractivity contribution < 1.29 is 33.7 Å². The first-order valence-corrected chi connectivity index (χ1v) is 22.4. The van der Waals surface area contributed by atoms with Crippen molar-refractivity contribution in [3.63, 3.8) is 0 Å². The summed E-state index contributed by atoms with van der Waals surface area (Å²) in [4.78, 5) is 47.8. The first-order chi connectivity index (χ1) is 26.0. The van der Waals surface area contributed by atoms with E-state index >= 15 is 4.79 Å². The van der Waals surface area contributed by atoms with Crippen LogP contribution in [-0.2, 0) is 29.5 Å². The maximum Gasteiger partial charge on any atom is 0.305 e. The predicted octanol–water partition coefficient (Wildman–Crippen LogP) is 4.92. The topological polar surface area (TPSA) is 121 Å². The molecule has 7 rings (SSSR count). The number of rotatable bonds is 12. The molecular weight excluding hydrogens is 701 g/mol. The molecule has 288 valence electrons. The van der Waals surface area contributed by atoms with Crippen molar-refractivity contribution in [3.8, 4) is 5.75 Å². The van der Waals surface area contributed by atoms with Gasteiger partial charge in [-0.1, -0.05) is 55.5 Å². The molecule has 4 aliphatic heterocycles. The zero-order chi connectivity index (χ0) is 38.3. The SMILES string of the molecule is COC(=O)CCCCN1C(=O)[C@]2(O[C@H](CCO)[C@@H]([Si](C)(C)c3ccc(OC)cc3)[C@@H]2C)c2cc(N3CN(c4ccccc4)C4(CCNCC4)C3=O)ccc21. The van der Waals surface area contributed by atoms with Gasteiger partial charge >= 0.3 is 5.97 Å². The molecule has 4 atom stereocenters. The molecule has 4 heterocycles. The number of hydrogen-bond acceptors (Lipinski definition) is 9. The molecule has 2 spiro atoms. The zero-order valence-corrected chi connectivity index (χ0v) is 33.2. The van der Waals surface area contributed by atoms with Gasteiger partial charge in [0, 0.05) is 42.4 Å². The number of hydrogen-bond donors (Lipinski definition) is 2. The van der Waals surface area contributed by atoms with Crippen LogP contribution in [0.25, 0.3) is 0 Å². The normalized spacial score (nSPS) is 24.9. The maximum atomic E-state index is 15.1. The van der Waals surface area contributed by atoms with Crippen LogP contribution in [0, 0.1) is 5.92 Å². The second-order valence-electron chi connectivity index (χ2n) is 15.8. The van der Waals surface area contributed by atoms with Crippen molar-refractivity contribution in [2.45, 2.75) is 81.3 Å². The van der Waals surface area contributed by atoms with Crippen LogP contribution in [0.3, 0.4) is 0 Å². The molecule has 0 aliphatic carbocycles. The summed E-state index contributed by atoms with van der Waals surface area (Å²) >= 11 is 0. The van der Waals surface area contributed by atoms with Gasteiger partial charge < -0.3 is 34.4 Å². The Labute approximate surface area is 319 Å². The van der Waals surface area contributed by atoms with Crippen LogP contribution in [0.15, 0.2) is 72.8 Å². The summed E-state index contributed by atoms with van der Waals surface area (Å²) in [6, 6.07) is 24.3. The zero-order valence-electron chi connectivity index (χ0n) is 32.2.